The van der Waals surface area contributed by atoms with Crippen molar-refractivity contribution < 1.29 is 4.21 Å². The molecule has 1 heterocycles. The molecule has 1 aliphatic rings. The summed E-state index contributed by atoms with van der Waals surface area (Å²) in [6, 6.07) is 31.3. The van der Waals surface area contributed by atoms with Crippen LogP contribution in [0.3, 0.4) is 0 Å². The van der Waals surface area contributed by atoms with Crippen molar-refractivity contribution in [3.05, 3.63) is 108 Å². The SMILES string of the molecule is [C-]#[N+]c1ccc([S+](c2ccc(C#N)cc2)c2cccc3c2S(=O)c2ccccc2-3)cc1. The fourth-order valence-corrected chi connectivity index (χ4v) is 7.76. The Morgan fingerprint density at radius 3 is 2.13 bits per heavy atom. The molecule has 0 saturated carbocycles. The Balaban J connectivity index is 1.74. The number of rotatable bonds is 3. The summed E-state index contributed by atoms with van der Waals surface area (Å²) >= 11 is 0. The van der Waals surface area contributed by atoms with Gasteiger partial charge in [-0.2, -0.15) is 5.26 Å². The highest BCUT2D eigenvalue weighted by atomic mass is 32.2. The van der Waals surface area contributed by atoms with Crippen molar-refractivity contribution >= 4 is 27.4 Å². The van der Waals surface area contributed by atoms with E-state index in [0.717, 1.165) is 35.6 Å². The molecule has 0 aromatic heterocycles. The molecule has 0 N–H and O–H groups in total. The normalized spacial score (nSPS) is 14.7. The summed E-state index contributed by atoms with van der Waals surface area (Å²) in [7, 11) is -1.79. The summed E-state index contributed by atoms with van der Waals surface area (Å²) in [5, 5.41) is 9.20. The molecule has 2 atom stereocenters. The van der Waals surface area contributed by atoms with E-state index in [9.17, 15) is 9.47 Å². The van der Waals surface area contributed by atoms with Crippen LogP contribution in [-0.4, -0.2) is 4.21 Å². The zero-order valence-electron chi connectivity index (χ0n) is 16.3. The summed E-state index contributed by atoms with van der Waals surface area (Å²) in [5.74, 6) is 0. The second kappa shape index (κ2) is 7.89. The Bertz CT molecular complexity index is 1350. The van der Waals surface area contributed by atoms with Gasteiger partial charge in [-0.25, -0.2) is 9.05 Å². The molecule has 0 fully saturated rings. The predicted molar refractivity (Wildman–Crippen MR) is 123 cm³/mol. The Hall–Kier alpha value is -3.64. The minimum Gasteiger partial charge on any atom is -0.249 e. The zero-order valence-corrected chi connectivity index (χ0v) is 17.9. The predicted octanol–water partition coefficient (Wildman–Crippen LogP) is 6.35. The number of hydrogen-bond acceptors (Lipinski definition) is 2. The molecule has 0 amide bonds. The molecule has 31 heavy (non-hydrogen) atoms. The maximum absolute atomic E-state index is 13.5. The quantitative estimate of drug-likeness (QED) is 0.245. The van der Waals surface area contributed by atoms with Gasteiger partial charge in [-0.3, -0.25) is 0 Å². The summed E-state index contributed by atoms with van der Waals surface area (Å²) in [4.78, 5) is 8.29. The van der Waals surface area contributed by atoms with E-state index in [1.54, 1.807) is 0 Å². The minimum atomic E-state index is -1.26. The summed E-state index contributed by atoms with van der Waals surface area (Å²) in [5.41, 5.74) is 3.21. The summed E-state index contributed by atoms with van der Waals surface area (Å²) in [6.45, 7) is 7.25. The van der Waals surface area contributed by atoms with E-state index >= 15 is 0 Å². The molecule has 2 unspecified atom stereocenters. The van der Waals surface area contributed by atoms with Crippen LogP contribution < -0.4 is 0 Å². The first-order valence-corrected chi connectivity index (χ1v) is 11.9. The van der Waals surface area contributed by atoms with Crippen molar-refractivity contribution in [1.82, 2.24) is 0 Å². The monoisotopic (exact) mass is 435 g/mol. The van der Waals surface area contributed by atoms with Gasteiger partial charge in [0.2, 0.25) is 0 Å². The van der Waals surface area contributed by atoms with Crippen LogP contribution in [0, 0.1) is 17.9 Å². The third-order valence-corrected chi connectivity index (χ3v) is 9.14. The molecule has 1 aliphatic heterocycles. The minimum absolute atomic E-state index is 0.531. The van der Waals surface area contributed by atoms with Gasteiger partial charge >= 0.3 is 0 Å². The first kappa shape index (κ1) is 19.3. The molecule has 3 nitrogen and oxygen atoms in total. The van der Waals surface area contributed by atoms with Crippen LogP contribution in [0.15, 0.2) is 115 Å². The molecule has 0 bridgehead atoms. The maximum Gasteiger partial charge on any atom is 0.187 e. The average Bonchev–Trinajstić information content (AvgIpc) is 3.13. The number of nitrogens with zero attached hydrogens (tertiary/aromatic N) is 2. The van der Waals surface area contributed by atoms with Gasteiger partial charge < -0.3 is 0 Å². The van der Waals surface area contributed by atoms with Gasteiger partial charge in [-0.15, -0.1) is 0 Å². The fourth-order valence-electron chi connectivity index (χ4n) is 3.75. The van der Waals surface area contributed by atoms with Crippen LogP contribution in [0.5, 0.6) is 0 Å². The molecule has 5 heteroatoms. The van der Waals surface area contributed by atoms with Gasteiger partial charge in [-0.1, -0.05) is 42.5 Å². The van der Waals surface area contributed by atoms with E-state index in [-0.39, 0.29) is 0 Å². The standard InChI is InChI=1S/C26H15N2OS2/c1-28-19-11-15-21(16-12-19)30(20-13-9-18(17-27)10-14-20)25-8-4-6-23-22-5-2-3-7-24(22)31(29)26(23)25/h2-16H/q+1. The van der Waals surface area contributed by atoms with Crippen LogP contribution in [-0.2, 0) is 21.7 Å². The van der Waals surface area contributed by atoms with Crippen molar-refractivity contribution in [2.45, 2.75) is 24.5 Å². The highest BCUT2D eigenvalue weighted by Crippen LogP contribution is 2.46. The van der Waals surface area contributed by atoms with Gasteiger partial charge in [0.05, 0.1) is 33.9 Å². The Kier molecular flexibility index (Phi) is 4.92. The van der Waals surface area contributed by atoms with Gasteiger partial charge in [0.1, 0.15) is 15.8 Å². The van der Waals surface area contributed by atoms with E-state index in [1.165, 1.54) is 0 Å². The van der Waals surface area contributed by atoms with Crippen LogP contribution in [0.25, 0.3) is 16.0 Å². The molecule has 146 valence electrons. The van der Waals surface area contributed by atoms with Crippen LogP contribution >= 0.6 is 0 Å². The third kappa shape index (κ3) is 3.25. The largest absolute Gasteiger partial charge is 0.249 e. The van der Waals surface area contributed by atoms with Crippen LogP contribution in [0.4, 0.5) is 5.69 Å². The highest BCUT2D eigenvalue weighted by Gasteiger charge is 2.38. The maximum atomic E-state index is 13.5. The summed E-state index contributed by atoms with van der Waals surface area (Å²) in [6.07, 6.45) is 0. The van der Waals surface area contributed by atoms with Crippen molar-refractivity contribution in [2.24, 2.45) is 0 Å². The molecule has 4 aromatic carbocycles. The molecule has 0 saturated heterocycles. The number of benzene rings is 4. The van der Waals surface area contributed by atoms with Gasteiger partial charge in [0, 0.05) is 5.56 Å². The lowest BCUT2D eigenvalue weighted by Crippen LogP contribution is -2.08. The van der Waals surface area contributed by atoms with Crippen molar-refractivity contribution in [3.8, 4) is 17.2 Å². The first-order chi connectivity index (χ1) is 15.2. The Labute approximate surface area is 186 Å². The van der Waals surface area contributed by atoms with Crippen molar-refractivity contribution in [3.63, 3.8) is 0 Å². The fraction of sp³-hybridized carbons (Fsp3) is 0. The molecular formula is C26H15N2OS2+. The van der Waals surface area contributed by atoms with Crippen LogP contribution in [0.1, 0.15) is 5.56 Å². The number of nitriles is 1. The molecule has 0 spiro atoms. The van der Waals surface area contributed by atoms with Gasteiger partial charge in [0.15, 0.2) is 20.4 Å². The topological polar surface area (TPSA) is 45.2 Å². The second-order valence-electron chi connectivity index (χ2n) is 6.95. The van der Waals surface area contributed by atoms with Gasteiger partial charge in [0.25, 0.3) is 0 Å². The lowest BCUT2D eigenvalue weighted by atomic mass is 10.1. The summed E-state index contributed by atoms with van der Waals surface area (Å²) < 4.78 is 13.5. The van der Waals surface area contributed by atoms with Crippen molar-refractivity contribution in [1.29, 1.82) is 5.26 Å². The number of fused-ring (bicyclic) bond motifs is 3. The van der Waals surface area contributed by atoms with Gasteiger partial charge in [-0.05, 0) is 54.1 Å². The Morgan fingerprint density at radius 1 is 0.806 bits per heavy atom. The smallest absolute Gasteiger partial charge is 0.187 e. The van der Waals surface area contributed by atoms with E-state index in [1.807, 2.05) is 91.0 Å². The van der Waals surface area contributed by atoms with Crippen LogP contribution in [0.2, 0.25) is 0 Å². The van der Waals surface area contributed by atoms with E-state index in [2.05, 4.69) is 10.9 Å². The zero-order chi connectivity index (χ0) is 21.4. The van der Waals surface area contributed by atoms with E-state index in [4.69, 9.17) is 6.57 Å². The molecular weight excluding hydrogens is 420 g/mol. The third-order valence-electron chi connectivity index (χ3n) is 5.18. The highest BCUT2D eigenvalue weighted by molar-refractivity contribution is 7.97. The first-order valence-electron chi connectivity index (χ1n) is 9.57. The van der Waals surface area contributed by atoms with Crippen molar-refractivity contribution in [2.75, 3.05) is 0 Å². The molecule has 0 radical (unpaired) electrons. The lowest BCUT2D eigenvalue weighted by Gasteiger charge is -2.11. The van der Waals surface area contributed by atoms with E-state index < -0.39 is 21.7 Å². The molecule has 5 rings (SSSR count). The Morgan fingerprint density at radius 2 is 1.45 bits per heavy atom. The number of hydrogen-bond donors (Lipinski definition) is 0. The van der Waals surface area contributed by atoms with E-state index in [0.29, 0.717) is 11.3 Å². The molecule has 0 aliphatic carbocycles. The second-order valence-corrected chi connectivity index (χ2v) is 10.3. The average molecular weight is 436 g/mol. The molecule has 4 aromatic rings. The lowest BCUT2D eigenvalue weighted by molar-refractivity contribution is 0.683.